The third-order valence-electron chi connectivity index (χ3n) is 2.19. The first-order valence-corrected chi connectivity index (χ1v) is 4.31. The topological polar surface area (TPSA) is 0 Å². The molecule has 1 aliphatic rings. The largest absolute Gasteiger partial charge is 0.0913 e. The van der Waals surface area contributed by atoms with E-state index in [-0.39, 0.29) is 0 Å². The summed E-state index contributed by atoms with van der Waals surface area (Å²) in [7, 11) is 0. The van der Waals surface area contributed by atoms with Crippen LogP contribution in [0.3, 0.4) is 0 Å². The SMILES string of the molecule is CC=C(C/C=C/C)C1C=CC1. The lowest BCUT2D eigenvalue weighted by Gasteiger charge is -2.20. The van der Waals surface area contributed by atoms with Crippen LogP contribution in [-0.2, 0) is 0 Å². The first-order valence-electron chi connectivity index (χ1n) is 4.31. The van der Waals surface area contributed by atoms with Crippen LogP contribution in [0, 0.1) is 5.92 Å². The molecule has 0 bridgehead atoms. The second-order valence-corrected chi connectivity index (χ2v) is 2.91. The molecule has 0 fully saturated rings. The van der Waals surface area contributed by atoms with Crippen LogP contribution in [0.25, 0.3) is 0 Å². The monoisotopic (exact) mass is 148 g/mol. The summed E-state index contributed by atoms with van der Waals surface area (Å²) in [6, 6.07) is 0. The fraction of sp³-hybridized carbons (Fsp3) is 0.455. The van der Waals surface area contributed by atoms with E-state index in [0.29, 0.717) is 0 Å². The van der Waals surface area contributed by atoms with Crippen molar-refractivity contribution in [2.75, 3.05) is 0 Å². The van der Waals surface area contributed by atoms with Crippen molar-refractivity contribution < 1.29 is 0 Å². The molecule has 1 unspecified atom stereocenters. The van der Waals surface area contributed by atoms with Gasteiger partial charge in [-0.1, -0.05) is 36.0 Å². The van der Waals surface area contributed by atoms with Gasteiger partial charge >= 0.3 is 0 Å². The van der Waals surface area contributed by atoms with Crippen molar-refractivity contribution in [3.05, 3.63) is 36.0 Å². The Balaban J connectivity index is 2.44. The van der Waals surface area contributed by atoms with Crippen LogP contribution in [0.4, 0.5) is 0 Å². The van der Waals surface area contributed by atoms with Gasteiger partial charge in [-0.2, -0.15) is 0 Å². The van der Waals surface area contributed by atoms with E-state index in [4.69, 9.17) is 0 Å². The minimum Gasteiger partial charge on any atom is -0.0913 e. The van der Waals surface area contributed by atoms with Gasteiger partial charge in [0.1, 0.15) is 0 Å². The Morgan fingerprint density at radius 3 is 2.64 bits per heavy atom. The lowest BCUT2D eigenvalue weighted by atomic mass is 9.85. The second kappa shape index (κ2) is 4.17. The van der Waals surface area contributed by atoms with Crippen LogP contribution >= 0.6 is 0 Å². The van der Waals surface area contributed by atoms with E-state index >= 15 is 0 Å². The molecule has 60 valence electrons. The highest BCUT2D eigenvalue weighted by atomic mass is 14.2. The highest BCUT2D eigenvalue weighted by molar-refractivity contribution is 5.22. The van der Waals surface area contributed by atoms with E-state index in [2.05, 4.69) is 44.2 Å². The molecule has 1 aliphatic carbocycles. The molecule has 0 N–H and O–H groups in total. The maximum Gasteiger partial charge on any atom is 0.00142 e. The highest BCUT2D eigenvalue weighted by Gasteiger charge is 2.12. The molecule has 0 aromatic heterocycles. The Kier molecular flexibility index (Phi) is 3.15. The minimum atomic E-state index is 0.746. The van der Waals surface area contributed by atoms with Crippen LogP contribution in [0.15, 0.2) is 36.0 Å². The number of rotatable bonds is 3. The Bertz CT molecular complexity index is 194. The number of hydrogen-bond acceptors (Lipinski definition) is 0. The van der Waals surface area contributed by atoms with E-state index in [1.165, 1.54) is 6.42 Å². The molecule has 0 heterocycles. The van der Waals surface area contributed by atoms with Crippen LogP contribution in [0.1, 0.15) is 26.7 Å². The molecule has 0 saturated heterocycles. The fourth-order valence-corrected chi connectivity index (χ4v) is 1.28. The van der Waals surface area contributed by atoms with Crippen molar-refractivity contribution >= 4 is 0 Å². The summed E-state index contributed by atoms with van der Waals surface area (Å²) < 4.78 is 0. The molecule has 0 heteroatoms. The summed E-state index contributed by atoms with van der Waals surface area (Å²) >= 11 is 0. The summed E-state index contributed by atoms with van der Waals surface area (Å²) in [5.74, 6) is 0.746. The molecule has 0 radical (unpaired) electrons. The summed E-state index contributed by atoms with van der Waals surface area (Å²) in [6.07, 6.45) is 13.5. The quantitative estimate of drug-likeness (QED) is 0.537. The summed E-state index contributed by atoms with van der Waals surface area (Å²) in [6.45, 7) is 4.20. The Hall–Kier alpha value is -0.780. The van der Waals surface area contributed by atoms with E-state index in [1.807, 2.05) is 0 Å². The Morgan fingerprint density at radius 2 is 2.27 bits per heavy atom. The zero-order valence-corrected chi connectivity index (χ0v) is 7.38. The predicted octanol–water partition coefficient (Wildman–Crippen LogP) is 3.48. The highest BCUT2D eigenvalue weighted by Crippen LogP contribution is 2.27. The molecule has 1 atom stereocenters. The van der Waals surface area contributed by atoms with Gasteiger partial charge in [-0.25, -0.2) is 0 Å². The number of hydrogen-bond donors (Lipinski definition) is 0. The van der Waals surface area contributed by atoms with Gasteiger partial charge in [-0.15, -0.1) is 0 Å². The first-order chi connectivity index (χ1) is 5.38. The molecule has 0 saturated carbocycles. The lowest BCUT2D eigenvalue weighted by molar-refractivity contribution is 0.693. The van der Waals surface area contributed by atoms with Crippen molar-refractivity contribution in [2.24, 2.45) is 5.92 Å². The van der Waals surface area contributed by atoms with Crippen molar-refractivity contribution in [1.82, 2.24) is 0 Å². The third kappa shape index (κ3) is 2.07. The second-order valence-electron chi connectivity index (χ2n) is 2.91. The van der Waals surface area contributed by atoms with Gasteiger partial charge in [0.25, 0.3) is 0 Å². The summed E-state index contributed by atoms with van der Waals surface area (Å²) in [5, 5.41) is 0. The number of allylic oxidation sites excluding steroid dienone is 6. The molecule has 0 aromatic carbocycles. The molecule has 0 spiro atoms. The zero-order chi connectivity index (χ0) is 8.10. The maximum absolute atomic E-state index is 2.29. The zero-order valence-electron chi connectivity index (χ0n) is 7.38. The minimum absolute atomic E-state index is 0.746. The average molecular weight is 148 g/mol. The molecular formula is C11H16. The summed E-state index contributed by atoms with van der Waals surface area (Å²) in [4.78, 5) is 0. The van der Waals surface area contributed by atoms with Gasteiger partial charge in [0.2, 0.25) is 0 Å². The molecular weight excluding hydrogens is 132 g/mol. The molecule has 0 aromatic rings. The van der Waals surface area contributed by atoms with E-state index in [9.17, 15) is 0 Å². The van der Waals surface area contributed by atoms with Crippen LogP contribution in [0.2, 0.25) is 0 Å². The van der Waals surface area contributed by atoms with E-state index < -0.39 is 0 Å². The van der Waals surface area contributed by atoms with E-state index in [0.717, 1.165) is 12.3 Å². The van der Waals surface area contributed by atoms with Gasteiger partial charge in [0.05, 0.1) is 0 Å². The maximum atomic E-state index is 2.29. The molecule has 1 rings (SSSR count). The normalized spacial score (nSPS) is 24.2. The fourth-order valence-electron chi connectivity index (χ4n) is 1.28. The van der Waals surface area contributed by atoms with Crippen LogP contribution in [0.5, 0.6) is 0 Å². The smallest absolute Gasteiger partial charge is 0.00142 e. The van der Waals surface area contributed by atoms with Crippen molar-refractivity contribution in [3.8, 4) is 0 Å². The first kappa shape index (κ1) is 8.32. The Labute approximate surface area is 69.3 Å². The van der Waals surface area contributed by atoms with Crippen LogP contribution in [-0.4, -0.2) is 0 Å². The molecule has 0 amide bonds. The van der Waals surface area contributed by atoms with Gasteiger partial charge in [0.15, 0.2) is 0 Å². The molecule has 0 aliphatic heterocycles. The summed E-state index contributed by atoms with van der Waals surface area (Å²) in [5.41, 5.74) is 1.56. The van der Waals surface area contributed by atoms with Gasteiger partial charge < -0.3 is 0 Å². The van der Waals surface area contributed by atoms with Gasteiger partial charge in [-0.05, 0) is 26.7 Å². The van der Waals surface area contributed by atoms with Crippen molar-refractivity contribution in [2.45, 2.75) is 26.7 Å². The van der Waals surface area contributed by atoms with E-state index in [1.54, 1.807) is 5.57 Å². The van der Waals surface area contributed by atoms with Crippen molar-refractivity contribution in [3.63, 3.8) is 0 Å². The Morgan fingerprint density at radius 1 is 1.55 bits per heavy atom. The lowest BCUT2D eigenvalue weighted by Crippen LogP contribution is -2.05. The van der Waals surface area contributed by atoms with Crippen molar-refractivity contribution in [1.29, 1.82) is 0 Å². The predicted molar refractivity (Wildman–Crippen MR) is 50.4 cm³/mol. The molecule has 0 nitrogen and oxygen atoms in total. The third-order valence-corrected chi connectivity index (χ3v) is 2.19. The molecule has 11 heavy (non-hydrogen) atoms. The van der Waals surface area contributed by atoms with Gasteiger partial charge in [-0.3, -0.25) is 0 Å². The average Bonchev–Trinajstić information content (AvgIpc) is 1.93. The van der Waals surface area contributed by atoms with Crippen LogP contribution < -0.4 is 0 Å². The van der Waals surface area contributed by atoms with Gasteiger partial charge in [0, 0.05) is 5.92 Å². The standard InChI is InChI=1S/C11H16/c1-3-5-7-10(4-2)11-8-6-9-11/h3-6,8,11H,7,9H2,1-2H3/b5-3+,10-4?.